The monoisotopic (exact) mass is 410 g/mol. The van der Waals surface area contributed by atoms with Crippen LogP contribution in [0.25, 0.3) is 0 Å². The van der Waals surface area contributed by atoms with Crippen LogP contribution in [-0.2, 0) is 19.1 Å². The Balaban J connectivity index is 2.75. The Hall–Kier alpha value is -1.28. The van der Waals surface area contributed by atoms with E-state index >= 15 is 0 Å². The average molecular weight is 412 g/mol. The summed E-state index contributed by atoms with van der Waals surface area (Å²) in [6.45, 7) is -0.409. The van der Waals surface area contributed by atoms with Gasteiger partial charge in [0.1, 0.15) is 11.5 Å². The van der Waals surface area contributed by atoms with E-state index in [2.05, 4.69) is 41.3 Å². The standard InChI is InChI=1S/C12H12Br2O6/c1-17-11(15)5-19-9-3-8(14)10(4-7(9)13)20-6-12(16)18-2/h3-4H,5-6H2,1-2H3. The van der Waals surface area contributed by atoms with Crippen molar-refractivity contribution >= 4 is 43.8 Å². The van der Waals surface area contributed by atoms with Gasteiger partial charge in [-0.1, -0.05) is 0 Å². The largest absolute Gasteiger partial charge is 0.481 e. The Morgan fingerprint density at radius 3 is 1.55 bits per heavy atom. The van der Waals surface area contributed by atoms with Gasteiger partial charge in [0, 0.05) is 0 Å². The number of hydrogen-bond acceptors (Lipinski definition) is 6. The second-order valence-electron chi connectivity index (χ2n) is 3.44. The Morgan fingerprint density at radius 1 is 0.900 bits per heavy atom. The quantitative estimate of drug-likeness (QED) is 0.669. The van der Waals surface area contributed by atoms with Crippen molar-refractivity contribution in [1.82, 2.24) is 0 Å². The zero-order chi connectivity index (χ0) is 15.1. The number of rotatable bonds is 6. The minimum atomic E-state index is -0.487. The maximum atomic E-state index is 11.0. The van der Waals surface area contributed by atoms with E-state index in [-0.39, 0.29) is 13.2 Å². The average Bonchev–Trinajstić information content (AvgIpc) is 2.45. The lowest BCUT2D eigenvalue weighted by Gasteiger charge is -2.11. The van der Waals surface area contributed by atoms with Gasteiger partial charge in [-0.05, 0) is 44.0 Å². The Morgan fingerprint density at radius 2 is 1.25 bits per heavy atom. The third-order valence-electron chi connectivity index (χ3n) is 2.13. The maximum Gasteiger partial charge on any atom is 0.343 e. The van der Waals surface area contributed by atoms with E-state index in [1.165, 1.54) is 14.2 Å². The number of methoxy groups -OCH3 is 2. The van der Waals surface area contributed by atoms with Crippen LogP contribution >= 0.6 is 31.9 Å². The molecule has 0 aliphatic heterocycles. The predicted octanol–water partition coefficient (Wildman–Crippen LogP) is 2.32. The lowest BCUT2D eigenvalue weighted by atomic mass is 10.3. The summed E-state index contributed by atoms with van der Waals surface area (Å²) in [5.74, 6) is -0.0986. The molecule has 6 nitrogen and oxygen atoms in total. The lowest BCUT2D eigenvalue weighted by molar-refractivity contribution is -0.143. The molecule has 0 aliphatic rings. The van der Waals surface area contributed by atoms with E-state index in [0.717, 1.165) is 0 Å². The molecule has 0 heterocycles. The molecule has 0 saturated heterocycles. The van der Waals surface area contributed by atoms with Crippen molar-refractivity contribution in [3.63, 3.8) is 0 Å². The molecule has 0 N–H and O–H groups in total. The Labute approximate surface area is 132 Å². The summed E-state index contributed by atoms with van der Waals surface area (Å²) >= 11 is 6.57. The van der Waals surface area contributed by atoms with E-state index in [0.29, 0.717) is 20.4 Å². The fraction of sp³-hybridized carbons (Fsp3) is 0.333. The van der Waals surface area contributed by atoms with Crippen molar-refractivity contribution in [3.05, 3.63) is 21.1 Å². The van der Waals surface area contributed by atoms with Crippen LogP contribution in [0, 0.1) is 0 Å². The zero-order valence-electron chi connectivity index (χ0n) is 10.8. The first kappa shape index (κ1) is 16.8. The van der Waals surface area contributed by atoms with Gasteiger partial charge in [-0.25, -0.2) is 9.59 Å². The molecule has 0 bridgehead atoms. The molecule has 20 heavy (non-hydrogen) atoms. The van der Waals surface area contributed by atoms with Gasteiger partial charge in [0.05, 0.1) is 23.2 Å². The molecule has 0 unspecified atom stereocenters. The zero-order valence-corrected chi connectivity index (χ0v) is 13.9. The van der Waals surface area contributed by atoms with Crippen molar-refractivity contribution in [2.45, 2.75) is 0 Å². The minimum Gasteiger partial charge on any atom is -0.481 e. The van der Waals surface area contributed by atoms with Crippen LogP contribution in [0.3, 0.4) is 0 Å². The van der Waals surface area contributed by atoms with E-state index in [9.17, 15) is 9.59 Å². The van der Waals surface area contributed by atoms with Gasteiger partial charge in [-0.2, -0.15) is 0 Å². The van der Waals surface area contributed by atoms with Gasteiger partial charge >= 0.3 is 11.9 Å². The first-order valence-corrected chi connectivity index (χ1v) is 6.94. The SMILES string of the molecule is COC(=O)COc1cc(Br)c(OCC(=O)OC)cc1Br. The number of benzene rings is 1. The van der Waals surface area contributed by atoms with Crippen LogP contribution in [-0.4, -0.2) is 39.4 Å². The van der Waals surface area contributed by atoms with Crippen molar-refractivity contribution in [1.29, 1.82) is 0 Å². The lowest BCUT2D eigenvalue weighted by Crippen LogP contribution is -2.14. The molecule has 8 heteroatoms. The third kappa shape index (κ3) is 5.01. The Kier molecular flexibility index (Phi) is 6.80. The smallest absolute Gasteiger partial charge is 0.343 e. The van der Waals surface area contributed by atoms with Gasteiger partial charge < -0.3 is 18.9 Å². The molecule has 110 valence electrons. The summed E-state index contributed by atoms with van der Waals surface area (Å²) in [5, 5.41) is 0. The molecule has 1 rings (SSSR count). The summed E-state index contributed by atoms with van der Waals surface area (Å²) in [6.07, 6.45) is 0. The normalized spacial score (nSPS) is 9.80. The maximum absolute atomic E-state index is 11.0. The fourth-order valence-corrected chi connectivity index (χ4v) is 2.00. The summed E-state index contributed by atoms with van der Waals surface area (Å²) in [4.78, 5) is 22.0. The van der Waals surface area contributed by atoms with Crippen molar-refractivity contribution < 1.29 is 28.5 Å². The molecule has 1 aromatic carbocycles. The van der Waals surface area contributed by atoms with Crippen LogP contribution in [0.2, 0.25) is 0 Å². The van der Waals surface area contributed by atoms with E-state index in [1.54, 1.807) is 12.1 Å². The second-order valence-corrected chi connectivity index (χ2v) is 5.15. The topological polar surface area (TPSA) is 71.1 Å². The molecule has 1 aromatic rings. The Bertz CT molecular complexity index is 457. The van der Waals surface area contributed by atoms with Crippen LogP contribution in [0.15, 0.2) is 21.1 Å². The second kappa shape index (κ2) is 8.11. The van der Waals surface area contributed by atoms with Crippen LogP contribution in [0.5, 0.6) is 11.5 Å². The van der Waals surface area contributed by atoms with E-state index in [4.69, 9.17) is 9.47 Å². The van der Waals surface area contributed by atoms with Crippen LogP contribution in [0.4, 0.5) is 0 Å². The predicted molar refractivity (Wildman–Crippen MR) is 76.9 cm³/mol. The van der Waals surface area contributed by atoms with Gasteiger partial charge in [0.25, 0.3) is 0 Å². The number of halogens is 2. The molecule has 0 spiro atoms. The third-order valence-corrected chi connectivity index (χ3v) is 3.37. The molecule has 0 saturated carbocycles. The number of carbonyl (C=O) groups excluding carboxylic acids is 2. The van der Waals surface area contributed by atoms with Crippen molar-refractivity contribution in [3.8, 4) is 11.5 Å². The van der Waals surface area contributed by atoms with Crippen molar-refractivity contribution in [2.24, 2.45) is 0 Å². The first-order chi connectivity index (χ1) is 9.47. The highest BCUT2D eigenvalue weighted by Gasteiger charge is 2.12. The highest BCUT2D eigenvalue weighted by Crippen LogP contribution is 2.36. The molecular formula is C12H12Br2O6. The number of carbonyl (C=O) groups is 2. The number of hydrogen-bond donors (Lipinski definition) is 0. The molecule has 0 fully saturated rings. The molecule has 0 radical (unpaired) electrons. The molecule has 0 aliphatic carbocycles. The molecule has 0 amide bonds. The summed E-state index contributed by atoms with van der Waals surface area (Å²) in [7, 11) is 2.56. The molecule has 0 aromatic heterocycles. The van der Waals surface area contributed by atoms with E-state index in [1.807, 2.05) is 0 Å². The number of ether oxygens (including phenoxy) is 4. The van der Waals surface area contributed by atoms with Gasteiger partial charge in [0.2, 0.25) is 0 Å². The number of esters is 2. The fourth-order valence-electron chi connectivity index (χ4n) is 1.12. The molecule has 0 atom stereocenters. The van der Waals surface area contributed by atoms with E-state index < -0.39 is 11.9 Å². The molecular weight excluding hydrogens is 400 g/mol. The summed E-state index contributed by atoms with van der Waals surface area (Å²) < 4.78 is 20.6. The van der Waals surface area contributed by atoms with Crippen LogP contribution in [0.1, 0.15) is 0 Å². The summed E-state index contributed by atoms with van der Waals surface area (Å²) in [6, 6.07) is 3.22. The first-order valence-electron chi connectivity index (χ1n) is 5.36. The highest BCUT2D eigenvalue weighted by molar-refractivity contribution is 9.11. The van der Waals surface area contributed by atoms with Gasteiger partial charge in [-0.3, -0.25) is 0 Å². The van der Waals surface area contributed by atoms with Crippen molar-refractivity contribution in [2.75, 3.05) is 27.4 Å². The van der Waals surface area contributed by atoms with Gasteiger partial charge in [-0.15, -0.1) is 0 Å². The van der Waals surface area contributed by atoms with Crippen LogP contribution < -0.4 is 9.47 Å². The minimum absolute atomic E-state index is 0.204. The highest BCUT2D eigenvalue weighted by atomic mass is 79.9. The van der Waals surface area contributed by atoms with Gasteiger partial charge in [0.15, 0.2) is 13.2 Å². The summed E-state index contributed by atoms with van der Waals surface area (Å²) in [5.41, 5.74) is 0.